The summed E-state index contributed by atoms with van der Waals surface area (Å²) in [4.78, 5) is 2.21. The first-order chi connectivity index (χ1) is 20.2. The van der Waals surface area contributed by atoms with Gasteiger partial charge in [-0.05, 0) is 65.7 Å². The van der Waals surface area contributed by atoms with Crippen LogP contribution < -0.4 is 9.64 Å². The van der Waals surface area contributed by atoms with E-state index in [2.05, 4.69) is 71.6 Å². The Morgan fingerprint density at radius 1 is 0.537 bits per heavy atom. The smallest absolute Gasteiger partial charge is 0.119 e. The number of hydrogen-bond acceptors (Lipinski definition) is 4. The maximum absolute atomic E-state index is 10.00. The first-order valence-corrected chi connectivity index (χ1v) is 13.3. The van der Waals surface area contributed by atoms with Gasteiger partial charge in [0.05, 0.1) is 18.2 Å². The summed E-state index contributed by atoms with van der Waals surface area (Å²) in [6.07, 6.45) is 4.10. The van der Waals surface area contributed by atoms with Crippen molar-refractivity contribution in [3.63, 3.8) is 0 Å². The fraction of sp³-hybridized carbons (Fsp3) is 0.0270. The lowest BCUT2D eigenvalue weighted by molar-refractivity contribution is 0.415. The molecule has 6 rings (SSSR count). The first kappa shape index (κ1) is 25.4. The molecule has 41 heavy (non-hydrogen) atoms. The van der Waals surface area contributed by atoms with E-state index in [0.717, 1.165) is 55.5 Å². The molecular formula is C37H25N3O. The average Bonchev–Trinajstić information content (AvgIpc) is 3.04. The van der Waals surface area contributed by atoms with Crippen LogP contribution in [-0.4, -0.2) is 7.11 Å². The number of hydrogen-bond donors (Lipinski definition) is 0. The minimum atomic E-state index is 0.591. The van der Waals surface area contributed by atoms with Gasteiger partial charge in [0.1, 0.15) is 17.9 Å². The lowest BCUT2D eigenvalue weighted by Gasteiger charge is -2.25. The van der Waals surface area contributed by atoms with Crippen LogP contribution in [0.2, 0.25) is 0 Å². The van der Waals surface area contributed by atoms with Crippen LogP contribution in [0, 0.1) is 22.7 Å². The Labute approximate surface area is 239 Å². The van der Waals surface area contributed by atoms with Crippen LogP contribution in [0.3, 0.4) is 0 Å². The standard InChI is InChI=1S/C37H25N3O/c1-41-31-20-18-30(19-21-31)40(28-7-3-2-4-8-28)29-16-13-26(14-17-29)11-12-27-15-22-34-35(23-27)37(25-39)33-10-6-5-9-32(33)36(34)24-38/h2-23H,1H3. The molecule has 6 aromatic rings. The van der Waals surface area contributed by atoms with Gasteiger partial charge in [-0.1, -0.05) is 78.9 Å². The second kappa shape index (κ2) is 11.1. The molecule has 4 heteroatoms. The van der Waals surface area contributed by atoms with E-state index in [1.165, 1.54) is 0 Å². The lowest BCUT2D eigenvalue weighted by atomic mass is 9.91. The van der Waals surface area contributed by atoms with Crippen LogP contribution in [-0.2, 0) is 0 Å². The molecule has 0 aliphatic rings. The van der Waals surface area contributed by atoms with Crippen LogP contribution >= 0.6 is 0 Å². The topological polar surface area (TPSA) is 60.0 Å². The molecular weight excluding hydrogens is 502 g/mol. The molecule has 0 unspecified atom stereocenters. The molecule has 0 aromatic heterocycles. The van der Waals surface area contributed by atoms with Crippen LogP contribution in [0.25, 0.3) is 33.7 Å². The number of para-hydroxylation sites is 1. The summed E-state index contributed by atoms with van der Waals surface area (Å²) in [7, 11) is 1.67. The molecule has 0 bridgehead atoms. The molecule has 0 aliphatic heterocycles. The zero-order chi connectivity index (χ0) is 28.2. The van der Waals surface area contributed by atoms with Gasteiger partial charge in [-0.3, -0.25) is 0 Å². The highest BCUT2D eigenvalue weighted by molar-refractivity contribution is 6.09. The highest BCUT2D eigenvalue weighted by Gasteiger charge is 2.14. The van der Waals surface area contributed by atoms with Gasteiger partial charge in [0.15, 0.2) is 0 Å². The first-order valence-electron chi connectivity index (χ1n) is 13.3. The molecule has 4 nitrogen and oxygen atoms in total. The molecule has 194 valence electrons. The normalized spacial score (nSPS) is 10.9. The minimum absolute atomic E-state index is 0.591. The van der Waals surface area contributed by atoms with E-state index in [4.69, 9.17) is 4.74 Å². The summed E-state index contributed by atoms with van der Waals surface area (Å²) < 4.78 is 5.35. The van der Waals surface area contributed by atoms with E-state index in [-0.39, 0.29) is 0 Å². The van der Waals surface area contributed by atoms with Gasteiger partial charge < -0.3 is 9.64 Å². The molecule has 0 fully saturated rings. The second-order valence-corrected chi connectivity index (χ2v) is 9.62. The number of methoxy groups -OCH3 is 1. The van der Waals surface area contributed by atoms with Gasteiger partial charge in [-0.2, -0.15) is 10.5 Å². The number of anilines is 3. The SMILES string of the molecule is COc1ccc(N(c2ccccc2)c2ccc(C=Cc3ccc4c(C#N)c5ccccc5c(C#N)c4c3)cc2)cc1. The van der Waals surface area contributed by atoms with E-state index in [1.54, 1.807) is 7.11 Å². The van der Waals surface area contributed by atoms with E-state index < -0.39 is 0 Å². The molecule has 6 aromatic carbocycles. The zero-order valence-corrected chi connectivity index (χ0v) is 22.5. The third-order valence-corrected chi connectivity index (χ3v) is 7.24. The summed E-state index contributed by atoms with van der Waals surface area (Å²) in [5, 5.41) is 23.1. The fourth-order valence-electron chi connectivity index (χ4n) is 5.22. The Morgan fingerprint density at radius 2 is 1.02 bits per heavy atom. The predicted octanol–water partition coefficient (Wildman–Crippen LogP) is 9.39. The fourth-order valence-corrected chi connectivity index (χ4v) is 5.22. The Morgan fingerprint density at radius 3 is 1.63 bits per heavy atom. The Bertz CT molecular complexity index is 1980. The molecule has 0 atom stereocenters. The molecule has 0 saturated carbocycles. The number of ether oxygens (including phenoxy) is 1. The van der Waals surface area contributed by atoms with Crippen molar-refractivity contribution in [3.8, 4) is 17.9 Å². The highest BCUT2D eigenvalue weighted by atomic mass is 16.5. The Hall–Kier alpha value is -5.84. The molecule has 0 amide bonds. The third-order valence-electron chi connectivity index (χ3n) is 7.24. The van der Waals surface area contributed by atoms with E-state index >= 15 is 0 Å². The molecule has 0 radical (unpaired) electrons. The summed E-state index contributed by atoms with van der Waals surface area (Å²) in [6, 6.07) is 44.9. The quantitative estimate of drug-likeness (QED) is 0.160. The van der Waals surface area contributed by atoms with Crippen molar-refractivity contribution in [2.45, 2.75) is 0 Å². The van der Waals surface area contributed by atoms with Gasteiger partial charge in [0, 0.05) is 38.6 Å². The Balaban J connectivity index is 1.34. The summed E-state index contributed by atoms with van der Waals surface area (Å²) >= 11 is 0. The van der Waals surface area contributed by atoms with Gasteiger partial charge in [-0.15, -0.1) is 0 Å². The maximum Gasteiger partial charge on any atom is 0.119 e. The van der Waals surface area contributed by atoms with Crippen LogP contribution in [0.5, 0.6) is 5.75 Å². The third kappa shape index (κ3) is 4.87. The van der Waals surface area contributed by atoms with Gasteiger partial charge in [0.25, 0.3) is 0 Å². The average molecular weight is 528 g/mol. The molecule has 0 spiro atoms. The van der Waals surface area contributed by atoms with Crippen molar-refractivity contribution >= 4 is 50.8 Å². The monoisotopic (exact) mass is 527 g/mol. The van der Waals surface area contributed by atoms with Crippen molar-refractivity contribution in [1.29, 1.82) is 10.5 Å². The van der Waals surface area contributed by atoms with Crippen molar-refractivity contribution in [2.24, 2.45) is 0 Å². The number of rotatable bonds is 6. The largest absolute Gasteiger partial charge is 0.497 e. The summed E-state index contributed by atoms with van der Waals surface area (Å²) in [6.45, 7) is 0. The van der Waals surface area contributed by atoms with Crippen molar-refractivity contribution in [3.05, 3.63) is 144 Å². The second-order valence-electron chi connectivity index (χ2n) is 9.62. The molecule has 0 heterocycles. The van der Waals surface area contributed by atoms with E-state index in [1.807, 2.05) is 78.9 Å². The molecule has 0 saturated heterocycles. The lowest BCUT2D eigenvalue weighted by Crippen LogP contribution is -2.09. The molecule has 0 N–H and O–H groups in total. The zero-order valence-electron chi connectivity index (χ0n) is 22.5. The number of nitrogens with zero attached hydrogens (tertiary/aromatic N) is 3. The number of benzene rings is 6. The highest BCUT2D eigenvalue weighted by Crippen LogP contribution is 2.36. The maximum atomic E-state index is 10.00. The van der Waals surface area contributed by atoms with Crippen LogP contribution in [0.15, 0.2) is 121 Å². The summed E-state index contributed by atoms with van der Waals surface area (Å²) in [5.41, 5.74) is 6.34. The Kier molecular flexibility index (Phi) is 6.89. The number of fused-ring (bicyclic) bond motifs is 2. The summed E-state index contributed by atoms with van der Waals surface area (Å²) in [5.74, 6) is 0.815. The van der Waals surface area contributed by atoms with Crippen LogP contribution in [0.1, 0.15) is 22.3 Å². The van der Waals surface area contributed by atoms with Gasteiger partial charge in [0.2, 0.25) is 0 Å². The molecule has 0 aliphatic carbocycles. The van der Waals surface area contributed by atoms with E-state index in [9.17, 15) is 10.5 Å². The minimum Gasteiger partial charge on any atom is -0.497 e. The van der Waals surface area contributed by atoms with Gasteiger partial charge >= 0.3 is 0 Å². The predicted molar refractivity (Wildman–Crippen MR) is 167 cm³/mol. The van der Waals surface area contributed by atoms with Gasteiger partial charge in [-0.25, -0.2) is 0 Å². The van der Waals surface area contributed by atoms with Crippen LogP contribution in [0.4, 0.5) is 17.1 Å². The van der Waals surface area contributed by atoms with Crippen molar-refractivity contribution in [2.75, 3.05) is 12.0 Å². The van der Waals surface area contributed by atoms with Crippen molar-refractivity contribution < 1.29 is 4.74 Å². The number of nitriles is 2. The van der Waals surface area contributed by atoms with E-state index in [0.29, 0.717) is 11.1 Å². The van der Waals surface area contributed by atoms with Crippen molar-refractivity contribution in [1.82, 2.24) is 0 Å².